The van der Waals surface area contributed by atoms with Crippen molar-refractivity contribution in [2.45, 2.75) is 93.0 Å². The third-order valence-electron chi connectivity index (χ3n) is 9.75. The van der Waals surface area contributed by atoms with E-state index in [1.807, 2.05) is 46.8 Å². The molecule has 9 heteroatoms. The number of esters is 1. The van der Waals surface area contributed by atoms with Crippen LogP contribution in [0.3, 0.4) is 0 Å². The van der Waals surface area contributed by atoms with Gasteiger partial charge in [0.05, 0.1) is 25.0 Å². The number of hydrogen-bond acceptors (Lipinski definition) is 7. The van der Waals surface area contributed by atoms with Crippen LogP contribution in [0.5, 0.6) is 5.75 Å². The van der Waals surface area contributed by atoms with Crippen LogP contribution in [0, 0.1) is 25.1 Å². The van der Waals surface area contributed by atoms with E-state index in [-0.39, 0.29) is 23.7 Å². The molecule has 0 N–H and O–H groups in total. The molecule has 4 aromatic rings. The van der Waals surface area contributed by atoms with Crippen LogP contribution in [0.15, 0.2) is 72.8 Å². The second-order valence-electron chi connectivity index (χ2n) is 15.7. The maximum atomic E-state index is 14.0. The lowest BCUT2D eigenvalue weighted by atomic mass is 9.81. The number of carbonyl (C=O) groups is 2. The van der Waals surface area contributed by atoms with Crippen LogP contribution in [0.4, 0.5) is 10.1 Å². The quantitative estimate of drug-likeness (QED) is 0.135. The van der Waals surface area contributed by atoms with Crippen LogP contribution in [-0.4, -0.2) is 54.2 Å². The summed E-state index contributed by atoms with van der Waals surface area (Å²) in [6, 6.07) is 21.5. The monoisotopic (exact) mass is 723 g/mol. The molecule has 0 saturated carbocycles. The molecule has 53 heavy (non-hydrogen) atoms. The zero-order valence-electron chi connectivity index (χ0n) is 32.7. The fourth-order valence-corrected chi connectivity index (χ4v) is 6.91. The Kier molecular flexibility index (Phi) is 12.3. The average Bonchev–Trinajstić information content (AvgIpc) is 3.11. The zero-order valence-corrected chi connectivity index (χ0v) is 32.7. The summed E-state index contributed by atoms with van der Waals surface area (Å²) < 4.78 is 31.3. The predicted octanol–water partition coefficient (Wildman–Crippen LogP) is 9.40. The number of pyridine rings is 1. The first kappa shape index (κ1) is 39.4. The van der Waals surface area contributed by atoms with E-state index < -0.39 is 17.7 Å². The number of methoxy groups -OCH3 is 1. The molecule has 1 saturated heterocycles. The van der Waals surface area contributed by atoms with Crippen LogP contribution in [0.25, 0.3) is 11.1 Å². The van der Waals surface area contributed by atoms with Crippen LogP contribution < -0.4 is 9.64 Å². The molecule has 0 bridgehead atoms. The molecule has 2 heterocycles. The van der Waals surface area contributed by atoms with Gasteiger partial charge in [-0.1, -0.05) is 56.3 Å². The normalized spacial score (nSPS) is 14.8. The Labute approximate surface area is 314 Å². The van der Waals surface area contributed by atoms with Crippen molar-refractivity contribution in [3.63, 3.8) is 0 Å². The number of halogens is 1. The molecule has 5 rings (SSSR count). The van der Waals surface area contributed by atoms with Gasteiger partial charge in [0, 0.05) is 54.3 Å². The minimum Gasteiger partial charge on any atom is -0.497 e. The zero-order chi connectivity index (χ0) is 38.5. The molecular formula is C44H54FN3O5. The molecule has 1 amide bonds. The van der Waals surface area contributed by atoms with Crippen LogP contribution in [0.1, 0.15) is 98.9 Å². The van der Waals surface area contributed by atoms with E-state index in [1.165, 1.54) is 12.1 Å². The Morgan fingerprint density at radius 3 is 2.09 bits per heavy atom. The Morgan fingerprint density at radius 2 is 1.53 bits per heavy atom. The first-order valence-electron chi connectivity index (χ1n) is 18.5. The van der Waals surface area contributed by atoms with Crippen LogP contribution in [-0.2, 0) is 27.4 Å². The van der Waals surface area contributed by atoms with Crippen molar-refractivity contribution in [2.24, 2.45) is 5.41 Å². The summed E-state index contributed by atoms with van der Waals surface area (Å²) >= 11 is 0. The Morgan fingerprint density at radius 1 is 0.925 bits per heavy atom. The molecule has 3 aromatic carbocycles. The van der Waals surface area contributed by atoms with E-state index in [1.54, 1.807) is 55.3 Å². The van der Waals surface area contributed by atoms with E-state index in [9.17, 15) is 14.0 Å². The van der Waals surface area contributed by atoms with Gasteiger partial charge in [-0.15, -0.1) is 0 Å². The maximum Gasteiger partial charge on any atom is 0.340 e. The highest BCUT2D eigenvalue weighted by Crippen LogP contribution is 2.45. The number of benzene rings is 3. The van der Waals surface area contributed by atoms with E-state index in [4.69, 9.17) is 19.2 Å². The van der Waals surface area contributed by atoms with Crippen molar-refractivity contribution in [1.82, 2.24) is 9.88 Å². The molecule has 0 aliphatic carbocycles. The molecule has 1 fully saturated rings. The summed E-state index contributed by atoms with van der Waals surface area (Å²) in [6.07, 6.45) is 1.04. The summed E-state index contributed by atoms with van der Waals surface area (Å²) in [6.45, 7) is 18.7. The lowest BCUT2D eigenvalue weighted by Gasteiger charge is -2.41. The molecule has 1 aromatic heterocycles. The number of aryl methyl sites for hydroxylation is 2. The van der Waals surface area contributed by atoms with Gasteiger partial charge in [-0.05, 0) is 107 Å². The summed E-state index contributed by atoms with van der Waals surface area (Å²) in [7, 11) is 1.57. The van der Waals surface area contributed by atoms with Gasteiger partial charge in [0.15, 0.2) is 6.10 Å². The SMILES string of the molecule is CCOC(=O)[C@@H](OC(C)(C)C)c1c(C)nc(C)c(-c2ccc(CN(Cc3ccc(F)cc3)C(=O)c3cccc(OC)c3)cc2)c1N1CCC(C)(C)CC1. The number of amides is 1. The number of hydrogen-bond donors (Lipinski definition) is 0. The molecule has 0 unspecified atom stereocenters. The number of piperidine rings is 1. The van der Waals surface area contributed by atoms with Crippen molar-refractivity contribution in [3.05, 3.63) is 112 Å². The molecule has 8 nitrogen and oxygen atoms in total. The van der Waals surface area contributed by atoms with E-state index in [2.05, 4.69) is 30.9 Å². The number of anilines is 1. The first-order chi connectivity index (χ1) is 25.1. The highest BCUT2D eigenvalue weighted by molar-refractivity contribution is 5.94. The average molecular weight is 724 g/mol. The van der Waals surface area contributed by atoms with Crippen molar-refractivity contribution in [3.8, 4) is 16.9 Å². The Bertz CT molecular complexity index is 1890. The lowest BCUT2D eigenvalue weighted by molar-refractivity contribution is -0.166. The molecule has 1 atom stereocenters. The third-order valence-corrected chi connectivity index (χ3v) is 9.75. The van der Waals surface area contributed by atoms with Crippen molar-refractivity contribution >= 4 is 17.6 Å². The molecule has 1 aliphatic heterocycles. The van der Waals surface area contributed by atoms with Crippen molar-refractivity contribution in [1.29, 1.82) is 0 Å². The maximum absolute atomic E-state index is 14.0. The van der Waals surface area contributed by atoms with Gasteiger partial charge >= 0.3 is 5.97 Å². The van der Waals surface area contributed by atoms with Crippen molar-refractivity contribution < 1.29 is 28.2 Å². The number of ether oxygens (including phenoxy) is 3. The first-order valence-corrected chi connectivity index (χ1v) is 18.5. The molecule has 0 radical (unpaired) electrons. The van der Waals surface area contributed by atoms with Gasteiger partial charge in [-0.2, -0.15) is 0 Å². The largest absolute Gasteiger partial charge is 0.497 e. The summed E-state index contributed by atoms with van der Waals surface area (Å²) in [4.78, 5) is 36.8. The highest BCUT2D eigenvalue weighted by Gasteiger charge is 2.37. The summed E-state index contributed by atoms with van der Waals surface area (Å²) in [5.41, 5.74) is 6.98. The van der Waals surface area contributed by atoms with Gasteiger partial charge in [0.25, 0.3) is 5.91 Å². The number of nitrogens with zero attached hydrogens (tertiary/aromatic N) is 3. The third kappa shape index (κ3) is 9.82. The molecule has 0 spiro atoms. The second kappa shape index (κ2) is 16.5. The molecule has 282 valence electrons. The van der Waals surface area contributed by atoms with Crippen LogP contribution in [0.2, 0.25) is 0 Å². The number of carbonyl (C=O) groups excluding carboxylic acids is 2. The van der Waals surface area contributed by atoms with E-state index in [0.717, 1.165) is 70.8 Å². The van der Waals surface area contributed by atoms with Gasteiger partial charge in [-0.3, -0.25) is 9.78 Å². The van der Waals surface area contributed by atoms with Gasteiger partial charge in [0.2, 0.25) is 0 Å². The standard InChI is InChI=1S/C44H54FN3O5/c1-10-52-42(50)40(53-43(4,5)6)38-30(3)46-29(2)37(39(38)47-24-22-44(7,8)23-25-47)33-18-14-31(15-19-33)27-48(28-32-16-20-35(45)21-17-32)41(49)34-12-11-13-36(26-34)51-9/h11-21,26,40H,10,22-25,27-28H2,1-9H3/t40-/m0/s1. The lowest BCUT2D eigenvalue weighted by Crippen LogP contribution is -2.39. The fraction of sp³-hybridized carbons (Fsp3) is 0.432. The molecule has 1 aliphatic rings. The number of rotatable bonds is 12. The van der Waals surface area contributed by atoms with Crippen molar-refractivity contribution in [2.75, 3.05) is 31.7 Å². The second-order valence-corrected chi connectivity index (χ2v) is 15.7. The van der Waals surface area contributed by atoms with Gasteiger partial charge < -0.3 is 24.0 Å². The van der Waals surface area contributed by atoms with Gasteiger partial charge in [0.1, 0.15) is 11.6 Å². The summed E-state index contributed by atoms with van der Waals surface area (Å²) in [5.74, 6) is -0.336. The Balaban J connectivity index is 1.58. The summed E-state index contributed by atoms with van der Waals surface area (Å²) in [5, 5.41) is 0. The smallest absolute Gasteiger partial charge is 0.340 e. The van der Waals surface area contributed by atoms with Crippen LogP contribution >= 0.6 is 0 Å². The highest BCUT2D eigenvalue weighted by atomic mass is 19.1. The Hall–Kier alpha value is -4.76. The molecular weight excluding hydrogens is 669 g/mol. The minimum atomic E-state index is -0.964. The van der Waals surface area contributed by atoms with Gasteiger partial charge in [-0.25, -0.2) is 9.18 Å². The minimum absolute atomic E-state index is 0.167. The topological polar surface area (TPSA) is 81.2 Å². The number of aromatic nitrogens is 1. The fourth-order valence-electron chi connectivity index (χ4n) is 6.91. The van der Waals surface area contributed by atoms with E-state index in [0.29, 0.717) is 24.4 Å². The van der Waals surface area contributed by atoms with E-state index >= 15 is 0 Å². The predicted molar refractivity (Wildman–Crippen MR) is 208 cm³/mol.